The maximum Gasteiger partial charge on any atom is 0.190 e. The number of carbonyl (C=O) groups excluding carboxylic acids is 2. The molecule has 2 saturated carbocycles. The lowest BCUT2D eigenvalue weighted by Gasteiger charge is -2.51. The summed E-state index contributed by atoms with van der Waals surface area (Å²) in [6.07, 6.45) is 5.47. The number of aliphatic hydroxyl groups is 2. The zero-order chi connectivity index (χ0) is 20.2. The molecule has 0 aromatic heterocycles. The Balaban J connectivity index is 1.88. The summed E-state index contributed by atoms with van der Waals surface area (Å²) >= 11 is 0. The largest absolute Gasteiger partial charge is 0.388 e. The first-order valence-corrected chi connectivity index (χ1v) is 10.2. The van der Waals surface area contributed by atoms with Crippen molar-refractivity contribution in [1.82, 2.24) is 0 Å². The van der Waals surface area contributed by atoms with E-state index in [4.69, 9.17) is 0 Å². The Hall–Kier alpha value is -1.26. The van der Waals surface area contributed by atoms with Gasteiger partial charge in [-0.1, -0.05) is 38.5 Å². The molecule has 2 N–H and O–H groups in total. The van der Waals surface area contributed by atoms with Crippen molar-refractivity contribution >= 4 is 11.6 Å². The molecule has 2 fully saturated rings. The maximum atomic E-state index is 12.8. The zero-order valence-corrected chi connectivity index (χ0v) is 17.3. The molecular weight excluding hydrogens is 340 g/mol. The zero-order valence-electron chi connectivity index (χ0n) is 17.3. The highest BCUT2D eigenvalue weighted by atomic mass is 16.3. The Morgan fingerprint density at radius 3 is 2.44 bits per heavy atom. The molecule has 0 saturated heterocycles. The molecule has 0 bridgehead atoms. The molecule has 0 radical (unpaired) electrons. The van der Waals surface area contributed by atoms with Gasteiger partial charge in [0, 0.05) is 24.7 Å². The first kappa shape index (κ1) is 19.1. The van der Waals surface area contributed by atoms with Crippen molar-refractivity contribution in [2.45, 2.75) is 72.0 Å². The maximum absolute atomic E-state index is 12.8. The fourth-order valence-electron chi connectivity index (χ4n) is 7.52. The van der Waals surface area contributed by atoms with Crippen LogP contribution in [0.2, 0.25) is 0 Å². The summed E-state index contributed by atoms with van der Waals surface area (Å²) < 4.78 is 0. The standard InChI is InChI=1S/C23H32O4/c1-12-7-16-18-20(5,6)21(18,11-15(4)24)10-14(3)23(16,27)17-8-13(2)19(25)22(17,26)9-12/h7-8,14,16-18,26-27H,9-11H2,1-6H3. The van der Waals surface area contributed by atoms with Gasteiger partial charge in [0.05, 0.1) is 5.60 Å². The highest BCUT2D eigenvalue weighted by Gasteiger charge is 2.80. The van der Waals surface area contributed by atoms with E-state index < -0.39 is 17.1 Å². The van der Waals surface area contributed by atoms with Gasteiger partial charge in [-0.25, -0.2) is 0 Å². The Labute approximate surface area is 161 Å². The predicted molar refractivity (Wildman–Crippen MR) is 103 cm³/mol. The van der Waals surface area contributed by atoms with Crippen LogP contribution in [0.3, 0.4) is 0 Å². The Morgan fingerprint density at radius 1 is 1.22 bits per heavy atom. The van der Waals surface area contributed by atoms with Crippen molar-refractivity contribution in [2.75, 3.05) is 0 Å². The van der Waals surface area contributed by atoms with Gasteiger partial charge in [-0.2, -0.15) is 0 Å². The summed E-state index contributed by atoms with van der Waals surface area (Å²) in [5.74, 6) is -0.759. The molecule has 0 aromatic rings. The number of ketones is 2. The monoisotopic (exact) mass is 372 g/mol. The van der Waals surface area contributed by atoms with Crippen molar-refractivity contribution in [2.24, 2.45) is 34.5 Å². The molecule has 0 spiro atoms. The van der Waals surface area contributed by atoms with E-state index >= 15 is 0 Å². The minimum Gasteiger partial charge on any atom is -0.388 e. The molecule has 0 heterocycles. The second-order valence-electron chi connectivity index (χ2n) is 10.5. The molecule has 4 rings (SSSR count). The summed E-state index contributed by atoms with van der Waals surface area (Å²) in [5.41, 5.74) is -1.39. The third-order valence-corrected chi connectivity index (χ3v) is 8.68. The van der Waals surface area contributed by atoms with Gasteiger partial charge in [-0.3, -0.25) is 4.79 Å². The Morgan fingerprint density at radius 2 is 1.85 bits per heavy atom. The quantitative estimate of drug-likeness (QED) is 0.730. The molecule has 27 heavy (non-hydrogen) atoms. The minimum absolute atomic E-state index is 0.0529. The predicted octanol–water partition coefficient (Wildman–Crippen LogP) is 3.22. The van der Waals surface area contributed by atoms with Crippen molar-refractivity contribution < 1.29 is 19.8 Å². The van der Waals surface area contributed by atoms with Crippen LogP contribution in [0, 0.1) is 34.5 Å². The van der Waals surface area contributed by atoms with Gasteiger partial charge < -0.3 is 15.0 Å². The van der Waals surface area contributed by atoms with Crippen LogP contribution in [0.1, 0.15) is 60.8 Å². The molecule has 4 aliphatic carbocycles. The van der Waals surface area contributed by atoms with Crippen LogP contribution in [0.5, 0.6) is 0 Å². The third kappa shape index (κ3) is 2.06. The van der Waals surface area contributed by atoms with Crippen LogP contribution < -0.4 is 0 Å². The summed E-state index contributed by atoms with van der Waals surface area (Å²) in [5, 5.41) is 23.5. The van der Waals surface area contributed by atoms with Crippen LogP contribution in [0.25, 0.3) is 0 Å². The van der Waals surface area contributed by atoms with E-state index in [2.05, 4.69) is 19.9 Å². The summed E-state index contributed by atoms with van der Waals surface area (Å²) in [4.78, 5) is 24.9. The average molecular weight is 373 g/mol. The highest BCUT2D eigenvalue weighted by molar-refractivity contribution is 6.04. The molecule has 4 aliphatic rings. The lowest BCUT2D eigenvalue weighted by atomic mass is 9.58. The van der Waals surface area contributed by atoms with E-state index in [1.807, 2.05) is 19.9 Å². The molecule has 148 valence electrons. The average Bonchev–Trinajstić information content (AvgIpc) is 2.92. The van der Waals surface area contributed by atoms with Crippen molar-refractivity contribution in [3.63, 3.8) is 0 Å². The topological polar surface area (TPSA) is 74.6 Å². The highest BCUT2D eigenvalue weighted by Crippen LogP contribution is 2.81. The first-order chi connectivity index (χ1) is 12.3. The minimum atomic E-state index is -1.55. The number of rotatable bonds is 2. The van der Waals surface area contributed by atoms with E-state index in [9.17, 15) is 19.8 Å². The van der Waals surface area contributed by atoms with Crippen LogP contribution in [0.4, 0.5) is 0 Å². The van der Waals surface area contributed by atoms with E-state index in [0.717, 1.165) is 12.0 Å². The van der Waals surface area contributed by atoms with Gasteiger partial charge in [0.1, 0.15) is 11.4 Å². The lowest BCUT2D eigenvalue weighted by molar-refractivity contribution is -0.172. The fourth-order valence-corrected chi connectivity index (χ4v) is 7.52. The fraction of sp³-hybridized carbons (Fsp3) is 0.739. The van der Waals surface area contributed by atoms with Crippen LogP contribution >= 0.6 is 0 Å². The van der Waals surface area contributed by atoms with E-state index in [1.165, 1.54) is 0 Å². The van der Waals surface area contributed by atoms with E-state index in [0.29, 0.717) is 12.0 Å². The van der Waals surface area contributed by atoms with E-state index in [1.54, 1.807) is 13.8 Å². The normalized spacial score (nSPS) is 50.0. The van der Waals surface area contributed by atoms with Crippen LogP contribution in [0.15, 0.2) is 23.3 Å². The number of Topliss-reactive ketones (excluding diaryl/α,β-unsaturated/α-hetero) is 2. The number of fused-ring (bicyclic) bond motifs is 5. The Bertz CT molecular complexity index is 805. The lowest BCUT2D eigenvalue weighted by Crippen LogP contribution is -2.60. The summed E-state index contributed by atoms with van der Waals surface area (Å²) in [6, 6.07) is 0. The number of hydrogen-bond acceptors (Lipinski definition) is 4. The van der Waals surface area contributed by atoms with E-state index in [-0.39, 0.29) is 46.6 Å². The van der Waals surface area contributed by atoms with Gasteiger partial charge in [-0.05, 0) is 55.4 Å². The van der Waals surface area contributed by atoms with Crippen LogP contribution in [-0.2, 0) is 9.59 Å². The van der Waals surface area contributed by atoms with Gasteiger partial charge >= 0.3 is 0 Å². The molecule has 7 atom stereocenters. The molecular formula is C23H32O4. The first-order valence-electron chi connectivity index (χ1n) is 10.2. The van der Waals surface area contributed by atoms with Crippen molar-refractivity contribution in [3.8, 4) is 0 Å². The Kier molecular flexibility index (Phi) is 3.68. The molecule has 4 nitrogen and oxygen atoms in total. The van der Waals surface area contributed by atoms with Gasteiger partial charge in [-0.15, -0.1) is 0 Å². The summed E-state index contributed by atoms with van der Waals surface area (Å²) in [6.45, 7) is 11.8. The third-order valence-electron chi connectivity index (χ3n) is 8.68. The second-order valence-corrected chi connectivity index (χ2v) is 10.5. The molecule has 0 aliphatic heterocycles. The molecule has 0 aromatic carbocycles. The number of hydrogen-bond donors (Lipinski definition) is 2. The number of carbonyl (C=O) groups is 2. The molecule has 0 amide bonds. The second kappa shape index (κ2) is 5.21. The van der Waals surface area contributed by atoms with Crippen molar-refractivity contribution in [3.05, 3.63) is 23.3 Å². The van der Waals surface area contributed by atoms with Crippen molar-refractivity contribution in [1.29, 1.82) is 0 Å². The van der Waals surface area contributed by atoms with Gasteiger partial charge in [0.2, 0.25) is 0 Å². The SMILES string of the molecule is CC(=O)CC12CC(C)C3(O)C(C=C(C)CC4(O)C(=O)C(C)=CC43)C1C2(C)C. The van der Waals surface area contributed by atoms with Gasteiger partial charge in [0.25, 0.3) is 0 Å². The van der Waals surface area contributed by atoms with Gasteiger partial charge in [0.15, 0.2) is 5.78 Å². The molecule has 7 unspecified atom stereocenters. The van der Waals surface area contributed by atoms with Crippen LogP contribution in [-0.4, -0.2) is 33.0 Å². The smallest absolute Gasteiger partial charge is 0.190 e. The summed E-state index contributed by atoms with van der Waals surface area (Å²) in [7, 11) is 0. The molecule has 4 heteroatoms.